The van der Waals surface area contributed by atoms with Gasteiger partial charge in [-0.15, -0.1) is 10.2 Å². The van der Waals surface area contributed by atoms with Gasteiger partial charge in [0.05, 0.1) is 10.5 Å². The van der Waals surface area contributed by atoms with E-state index in [9.17, 15) is 14.4 Å². The molecule has 13 heteroatoms. The highest BCUT2D eigenvalue weighted by molar-refractivity contribution is 6.38. The number of amides is 3. The summed E-state index contributed by atoms with van der Waals surface area (Å²) in [6.07, 6.45) is 2.68. The molecule has 2 aromatic carbocycles. The minimum atomic E-state index is -1.40. The summed E-state index contributed by atoms with van der Waals surface area (Å²) in [6.45, 7) is 7.83. The summed E-state index contributed by atoms with van der Waals surface area (Å²) in [5.41, 5.74) is 1.88. The molecule has 2 unspecified atom stereocenters. The number of aryl methyl sites for hydroxylation is 1. The van der Waals surface area contributed by atoms with Crippen LogP contribution in [0.5, 0.6) is 0 Å². The van der Waals surface area contributed by atoms with Gasteiger partial charge in [0.1, 0.15) is 24.2 Å². The molecule has 2 aromatic heterocycles. The Morgan fingerprint density at radius 1 is 1.06 bits per heavy atom. The van der Waals surface area contributed by atoms with Crippen molar-refractivity contribution in [1.82, 2.24) is 31.1 Å². The van der Waals surface area contributed by atoms with E-state index in [0.29, 0.717) is 28.4 Å². The molecule has 1 aliphatic carbocycles. The van der Waals surface area contributed by atoms with E-state index in [1.54, 1.807) is 12.1 Å². The Bertz CT molecular complexity index is 1710. The zero-order valence-corrected chi connectivity index (χ0v) is 28.4. The number of nitrogens with one attached hydrogen (secondary N) is 4. The van der Waals surface area contributed by atoms with E-state index < -0.39 is 35.5 Å². The molecule has 3 amide bonds. The molecule has 4 aromatic rings. The number of carbonyl (C=O) groups excluding carboxylic acids is 3. The summed E-state index contributed by atoms with van der Waals surface area (Å²) < 4.78 is 11.0. The van der Waals surface area contributed by atoms with Crippen LogP contribution in [0.25, 0.3) is 10.9 Å². The summed E-state index contributed by atoms with van der Waals surface area (Å²) >= 11 is 12.9. The van der Waals surface area contributed by atoms with Crippen LogP contribution in [0.2, 0.25) is 10.0 Å². The largest absolute Gasteiger partial charge is 0.445 e. The first-order chi connectivity index (χ1) is 22.5. The van der Waals surface area contributed by atoms with E-state index in [1.807, 2.05) is 58.0 Å². The van der Waals surface area contributed by atoms with E-state index in [-0.39, 0.29) is 37.2 Å². The number of nitrogens with zero attached hydrogens (tertiary/aromatic N) is 2. The minimum absolute atomic E-state index is 0.0501. The van der Waals surface area contributed by atoms with Crippen molar-refractivity contribution in [2.24, 2.45) is 11.8 Å². The molecule has 250 valence electrons. The number of ether oxygens (including phenoxy) is 1. The number of halogens is 2. The van der Waals surface area contributed by atoms with Gasteiger partial charge in [0.15, 0.2) is 0 Å². The molecule has 0 fully saturated rings. The summed E-state index contributed by atoms with van der Waals surface area (Å²) in [6, 6.07) is 11.2. The summed E-state index contributed by atoms with van der Waals surface area (Å²) in [7, 11) is 0. The van der Waals surface area contributed by atoms with E-state index >= 15 is 0 Å². The smallest absolute Gasteiger partial charge is 0.408 e. The van der Waals surface area contributed by atoms with Crippen molar-refractivity contribution in [3.63, 3.8) is 0 Å². The zero-order valence-electron chi connectivity index (χ0n) is 26.9. The number of alkyl carbamates (subject to hydrolysis) is 1. The van der Waals surface area contributed by atoms with Crippen molar-refractivity contribution in [2.75, 3.05) is 0 Å². The first-order valence-corrected chi connectivity index (χ1v) is 16.7. The highest BCUT2D eigenvalue weighted by Gasteiger charge is 2.47. The predicted molar refractivity (Wildman–Crippen MR) is 179 cm³/mol. The van der Waals surface area contributed by atoms with Gasteiger partial charge in [-0.25, -0.2) is 4.79 Å². The van der Waals surface area contributed by atoms with Crippen LogP contribution in [0, 0.1) is 11.8 Å². The van der Waals surface area contributed by atoms with Crippen molar-refractivity contribution in [3.8, 4) is 0 Å². The molecule has 47 heavy (non-hydrogen) atoms. The highest BCUT2D eigenvalue weighted by Crippen LogP contribution is 2.39. The van der Waals surface area contributed by atoms with Gasteiger partial charge in [-0.1, -0.05) is 94.1 Å². The molecule has 2 heterocycles. The zero-order chi connectivity index (χ0) is 33.7. The first kappa shape index (κ1) is 34.3. The van der Waals surface area contributed by atoms with Crippen LogP contribution < -0.4 is 16.0 Å². The fourth-order valence-electron chi connectivity index (χ4n) is 6.02. The Morgan fingerprint density at radius 2 is 1.81 bits per heavy atom. The number of carbonyl (C=O) groups is 3. The third kappa shape index (κ3) is 7.57. The number of H-pyrrole nitrogens is 1. The topological polar surface area (TPSA) is 151 Å². The van der Waals surface area contributed by atoms with Gasteiger partial charge >= 0.3 is 6.09 Å². The average molecular weight is 684 g/mol. The predicted octanol–water partition coefficient (Wildman–Crippen LogP) is 6.45. The summed E-state index contributed by atoms with van der Waals surface area (Å²) in [5, 5.41) is 18.5. The number of benzene rings is 2. The number of hydrogen-bond acceptors (Lipinski definition) is 7. The Morgan fingerprint density at radius 3 is 2.49 bits per heavy atom. The summed E-state index contributed by atoms with van der Waals surface area (Å²) in [5.74, 6) is -0.946. The van der Waals surface area contributed by atoms with Crippen LogP contribution >= 0.6 is 23.2 Å². The molecule has 0 bridgehead atoms. The maximum atomic E-state index is 14.5. The maximum absolute atomic E-state index is 14.5. The second-order valence-corrected chi connectivity index (χ2v) is 13.2. The number of rotatable bonds is 12. The lowest BCUT2D eigenvalue weighted by Gasteiger charge is -2.39. The van der Waals surface area contributed by atoms with E-state index in [2.05, 4.69) is 31.1 Å². The lowest BCUT2D eigenvalue weighted by atomic mass is 9.78. The number of hydrogen-bond donors (Lipinski definition) is 4. The van der Waals surface area contributed by atoms with Gasteiger partial charge in [-0.2, -0.15) is 0 Å². The third-order valence-electron chi connectivity index (χ3n) is 9.22. The van der Waals surface area contributed by atoms with Crippen molar-refractivity contribution in [1.29, 1.82) is 0 Å². The fraction of sp³-hybridized carbons (Fsp3) is 0.441. The van der Waals surface area contributed by atoms with Crippen molar-refractivity contribution in [3.05, 3.63) is 81.6 Å². The van der Waals surface area contributed by atoms with E-state index in [1.165, 1.54) is 6.39 Å². The Labute approximate surface area is 283 Å². The van der Waals surface area contributed by atoms with Crippen LogP contribution in [0.1, 0.15) is 75.7 Å². The molecule has 11 nitrogen and oxygen atoms in total. The average Bonchev–Trinajstić information content (AvgIpc) is 3.73. The normalized spacial score (nSPS) is 18.4. The fourth-order valence-corrected chi connectivity index (χ4v) is 6.56. The van der Waals surface area contributed by atoms with Crippen molar-refractivity contribution < 1.29 is 23.5 Å². The SMILES string of the molecule is CC[C@H](C)C(NC(=O)OCc1ccccc1)C(=O)N[C@]1(C(=O)NC(c2nnco2)[C@@H](C)CC)CCc2[nH]c3c(Cl)cc(Cl)cc3c2C1. The van der Waals surface area contributed by atoms with Gasteiger partial charge in [0.2, 0.25) is 24.1 Å². The van der Waals surface area contributed by atoms with Gasteiger partial charge < -0.3 is 30.1 Å². The van der Waals surface area contributed by atoms with Gasteiger partial charge in [-0.05, 0) is 47.9 Å². The number of fused-ring (bicyclic) bond motifs is 3. The Balaban J connectivity index is 1.47. The monoisotopic (exact) mass is 682 g/mol. The highest BCUT2D eigenvalue weighted by atomic mass is 35.5. The molecule has 0 radical (unpaired) electrons. The number of aromatic nitrogens is 3. The molecular formula is C34H40Cl2N6O5. The lowest BCUT2D eigenvalue weighted by Crippen LogP contribution is -2.65. The van der Waals surface area contributed by atoms with Crippen molar-refractivity contribution in [2.45, 2.75) is 84.0 Å². The van der Waals surface area contributed by atoms with E-state index in [4.69, 9.17) is 32.4 Å². The van der Waals surface area contributed by atoms with E-state index in [0.717, 1.165) is 28.6 Å². The second kappa shape index (κ2) is 14.8. The molecule has 5 atom stereocenters. The molecule has 1 aliphatic rings. The lowest BCUT2D eigenvalue weighted by molar-refractivity contribution is -0.136. The van der Waals surface area contributed by atoms with Gasteiger partial charge in [-0.3, -0.25) is 9.59 Å². The van der Waals surface area contributed by atoms with Crippen LogP contribution in [-0.2, 0) is 33.8 Å². The molecule has 5 rings (SSSR count). The van der Waals surface area contributed by atoms with Crippen molar-refractivity contribution >= 4 is 52.0 Å². The molecule has 0 saturated carbocycles. The van der Waals surface area contributed by atoms with Crippen LogP contribution in [0.4, 0.5) is 4.79 Å². The molecule has 0 spiro atoms. The maximum Gasteiger partial charge on any atom is 0.408 e. The van der Waals surface area contributed by atoms with Gasteiger partial charge in [0.25, 0.3) is 0 Å². The van der Waals surface area contributed by atoms with Gasteiger partial charge in [0, 0.05) is 22.5 Å². The first-order valence-electron chi connectivity index (χ1n) is 15.9. The van der Waals surface area contributed by atoms with Crippen LogP contribution in [-0.4, -0.2) is 44.7 Å². The summed E-state index contributed by atoms with van der Waals surface area (Å²) in [4.78, 5) is 45.1. The third-order valence-corrected chi connectivity index (χ3v) is 9.74. The molecule has 0 saturated heterocycles. The Hall–Kier alpha value is -4.09. The minimum Gasteiger partial charge on any atom is -0.445 e. The molecular weight excluding hydrogens is 643 g/mol. The standard InChI is InChI=1S/C34H40Cl2N6O5/c1-5-19(3)27(40-33(45)46-17-21-10-8-7-9-11-21)30(43)41-34(32(44)39-28(20(4)6-2)31-42-37-18-47-31)13-12-26-24(16-34)23-14-22(35)15-25(36)29(23)38-26/h7-11,14-15,18-20,27-28,38H,5-6,12-13,16-17H2,1-4H3,(H,39,44)(H,40,45)(H,41,43)/t19-,20-,27?,28?,34+/m0/s1. The molecule has 4 N–H and O–H groups in total. The second-order valence-electron chi connectivity index (χ2n) is 12.3. The van der Waals surface area contributed by atoms with Crippen LogP contribution in [0.15, 0.2) is 53.3 Å². The Kier molecular flexibility index (Phi) is 10.8. The van der Waals surface area contributed by atoms with Crippen LogP contribution in [0.3, 0.4) is 0 Å². The number of aromatic amines is 1. The quantitative estimate of drug-likeness (QED) is 0.134. The molecule has 0 aliphatic heterocycles.